The lowest BCUT2D eigenvalue weighted by Gasteiger charge is -2.41. The topological polar surface area (TPSA) is 29.5 Å². The van der Waals surface area contributed by atoms with Gasteiger partial charge in [0.2, 0.25) is 0 Å². The van der Waals surface area contributed by atoms with Gasteiger partial charge in [0.1, 0.15) is 0 Å². The molecule has 1 aliphatic carbocycles. The summed E-state index contributed by atoms with van der Waals surface area (Å²) in [5.74, 6) is 0.172. The van der Waals surface area contributed by atoms with Gasteiger partial charge in [-0.1, -0.05) is 42.5 Å². The third kappa shape index (κ3) is 2.51. The van der Waals surface area contributed by atoms with Gasteiger partial charge in [-0.3, -0.25) is 9.69 Å². The molecule has 2 bridgehead atoms. The van der Waals surface area contributed by atoms with Crippen LogP contribution in [-0.2, 0) is 9.53 Å². The molecule has 0 spiro atoms. The molecule has 1 aromatic rings. The number of carbonyl (C=O) groups is 1. The number of fused-ring (bicyclic) bond motifs is 2. The molecule has 3 aliphatic rings. The van der Waals surface area contributed by atoms with Crippen LogP contribution < -0.4 is 0 Å². The maximum Gasteiger partial charge on any atom is 0.310 e. The Morgan fingerprint density at radius 2 is 2.00 bits per heavy atom. The van der Waals surface area contributed by atoms with Gasteiger partial charge in [-0.15, -0.1) is 0 Å². The molecule has 0 radical (unpaired) electrons. The first-order valence-corrected chi connectivity index (χ1v) is 8.96. The standard InChI is InChI=1S/C21H25NO2/c1-22-17-11-12-19(22)20(21(23)24-2)18(13-17)16-9-7-15(8-10-16)14-5-3-4-6-14/h3,5-10,17-20H,4,11-13H2,1-2H3. The van der Waals surface area contributed by atoms with Crippen molar-refractivity contribution in [3.05, 3.63) is 53.6 Å². The summed E-state index contributed by atoms with van der Waals surface area (Å²) in [4.78, 5) is 14.9. The second-order valence-electron chi connectivity index (χ2n) is 7.27. The fraction of sp³-hybridized carbons (Fsp3) is 0.476. The Morgan fingerprint density at radius 1 is 1.21 bits per heavy atom. The highest BCUT2D eigenvalue weighted by Crippen LogP contribution is 2.46. The number of piperidine rings is 1. The Kier molecular flexibility index (Phi) is 4.05. The van der Waals surface area contributed by atoms with Crippen molar-refractivity contribution in [2.24, 2.45) is 5.92 Å². The number of benzene rings is 1. The number of nitrogens with zero attached hydrogens (tertiary/aromatic N) is 1. The highest BCUT2D eigenvalue weighted by Gasteiger charge is 2.49. The Labute approximate surface area is 144 Å². The van der Waals surface area contributed by atoms with Crippen LogP contribution in [0.2, 0.25) is 0 Å². The number of hydrogen-bond donors (Lipinski definition) is 0. The molecule has 3 nitrogen and oxygen atoms in total. The fourth-order valence-electron chi connectivity index (χ4n) is 4.86. The number of esters is 1. The monoisotopic (exact) mass is 323 g/mol. The van der Waals surface area contributed by atoms with Crippen molar-refractivity contribution in [3.63, 3.8) is 0 Å². The van der Waals surface area contributed by atoms with Gasteiger partial charge in [0.15, 0.2) is 0 Å². The number of ether oxygens (including phenoxy) is 1. The summed E-state index contributed by atoms with van der Waals surface area (Å²) in [6.45, 7) is 0. The summed E-state index contributed by atoms with van der Waals surface area (Å²) >= 11 is 0. The SMILES string of the molecule is COC(=O)C1C(c2ccc(C3=CCC=C3)cc2)CC2CCC1N2C. The van der Waals surface area contributed by atoms with Gasteiger partial charge in [0, 0.05) is 18.0 Å². The van der Waals surface area contributed by atoms with Crippen LogP contribution in [0.3, 0.4) is 0 Å². The summed E-state index contributed by atoms with van der Waals surface area (Å²) in [7, 11) is 3.68. The molecule has 2 fully saturated rings. The van der Waals surface area contributed by atoms with Crippen molar-refractivity contribution < 1.29 is 9.53 Å². The lowest BCUT2D eigenvalue weighted by atomic mass is 9.76. The molecule has 4 rings (SSSR count). The summed E-state index contributed by atoms with van der Waals surface area (Å²) in [5, 5.41) is 0. The molecule has 0 N–H and O–H groups in total. The predicted molar refractivity (Wildman–Crippen MR) is 95.6 cm³/mol. The highest BCUT2D eigenvalue weighted by molar-refractivity contribution is 5.77. The molecule has 4 atom stereocenters. The summed E-state index contributed by atoms with van der Waals surface area (Å²) < 4.78 is 5.16. The maximum absolute atomic E-state index is 12.5. The molecule has 0 aromatic heterocycles. The molecule has 0 saturated carbocycles. The van der Waals surface area contributed by atoms with Crippen molar-refractivity contribution in [1.29, 1.82) is 0 Å². The summed E-state index contributed by atoms with van der Waals surface area (Å²) in [6.07, 6.45) is 11.0. The van der Waals surface area contributed by atoms with Crippen molar-refractivity contribution in [2.45, 2.75) is 43.7 Å². The van der Waals surface area contributed by atoms with E-state index in [1.54, 1.807) is 0 Å². The Hall–Kier alpha value is -1.87. The second-order valence-corrected chi connectivity index (χ2v) is 7.27. The van der Waals surface area contributed by atoms with Crippen LogP contribution in [0.4, 0.5) is 0 Å². The molecule has 126 valence electrons. The lowest BCUT2D eigenvalue weighted by Crippen LogP contribution is -2.49. The molecule has 2 heterocycles. The van der Waals surface area contributed by atoms with E-state index in [-0.39, 0.29) is 17.8 Å². The van der Waals surface area contributed by atoms with Gasteiger partial charge < -0.3 is 4.74 Å². The number of carbonyl (C=O) groups excluding carboxylic acids is 1. The summed E-state index contributed by atoms with van der Waals surface area (Å²) in [5.41, 5.74) is 3.84. The second kappa shape index (κ2) is 6.21. The van der Waals surface area contributed by atoms with Crippen molar-refractivity contribution in [2.75, 3.05) is 14.2 Å². The Balaban J connectivity index is 1.64. The van der Waals surface area contributed by atoms with Gasteiger partial charge in [-0.05, 0) is 49.4 Å². The van der Waals surface area contributed by atoms with E-state index in [4.69, 9.17) is 4.74 Å². The van der Waals surface area contributed by atoms with E-state index >= 15 is 0 Å². The van der Waals surface area contributed by atoms with E-state index in [0.717, 1.165) is 19.3 Å². The molecule has 1 aromatic carbocycles. The van der Waals surface area contributed by atoms with Crippen LogP contribution in [0.25, 0.3) is 5.57 Å². The number of methoxy groups -OCH3 is 1. The molecule has 3 heteroatoms. The van der Waals surface area contributed by atoms with Gasteiger partial charge in [0.25, 0.3) is 0 Å². The quantitative estimate of drug-likeness (QED) is 0.793. The van der Waals surface area contributed by atoms with E-state index in [1.165, 1.54) is 30.2 Å². The van der Waals surface area contributed by atoms with E-state index < -0.39 is 0 Å². The minimum atomic E-state index is -0.0530. The largest absolute Gasteiger partial charge is 0.469 e. The Bertz CT molecular complexity index is 688. The zero-order valence-corrected chi connectivity index (χ0v) is 14.4. The normalized spacial score (nSPS) is 32.0. The average Bonchev–Trinajstić information content (AvgIpc) is 3.21. The van der Waals surface area contributed by atoms with Crippen LogP contribution in [0.1, 0.15) is 42.7 Å². The fourth-order valence-corrected chi connectivity index (χ4v) is 4.86. The zero-order chi connectivity index (χ0) is 16.7. The molecular formula is C21H25NO2. The van der Waals surface area contributed by atoms with Crippen LogP contribution in [0.15, 0.2) is 42.5 Å². The highest BCUT2D eigenvalue weighted by atomic mass is 16.5. The number of hydrogen-bond acceptors (Lipinski definition) is 3. The minimum absolute atomic E-state index is 0.0461. The van der Waals surface area contributed by atoms with Gasteiger partial charge >= 0.3 is 5.97 Å². The third-order valence-electron chi connectivity index (χ3n) is 6.19. The van der Waals surface area contributed by atoms with Crippen molar-refractivity contribution in [1.82, 2.24) is 4.90 Å². The first-order chi connectivity index (χ1) is 11.7. The van der Waals surface area contributed by atoms with Crippen LogP contribution in [0.5, 0.6) is 0 Å². The molecular weight excluding hydrogens is 298 g/mol. The minimum Gasteiger partial charge on any atom is -0.469 e. The third-order valence-corrected chi connectivity index (χ3v) is 6.19. The number of allylic oxidation sites excluding steroid dienone is 4. The lowest BCUT2D eigenvalue weighted by molar-refractivity contribution is -0.150. The molecule has 0 amide bonds. The summed E-state index contributed by atoms with van der Waals surface area (Å²) in [6, 6.07) is 9.75. The molecule has 24 heavy (non-hydrogen) atoms. The van der Waals surface area contributed by atoms with E-state index in [0.29, 0.717) is 12.1 Å². The smallest absolute Gasteiger partial charge is 0.310 e. The van der Waals surface area contributed by atoms with E-state index in [2.05, 4.69) is 54.4 Å². The predicted octanol–water partition coefficient (Wildman–Crippen LogP) is 3.77. The first kappa shape index (κ1) is 15.6. The first-order valence-electron chi connectivity index (χ1n) is 8.96. The van der Waals surface area contributed by atoms with Gasteiger partial charge in [0.05, 0.1) is 13.0 Å². The average molecular weight is 323 g/mol. The van der Waals surface area contributed by atoms with Crippen LogP contribution in [-0.4, -0.2) is 37.1 Å². The Morgan fingerprint density at radius 3 is 2.67 bits per heavy atom. The van der Waals surface area contributed by atoms with Gasteiger partial charge in [-0.25, -0.2) is 0 Å². The molecule has 4 unspecified atom stereocenters. The van der Waals surface area contributed by atoms with Gasteiger partial charge in [-0.2, -0.15) is 0 Å². The zero-order valence-electron chi connectivity index (χ0n) is 14.4. The number of rotatable bonds is 3. The molecule has 2 saturated heterocycles. The van der Waals surface area contributed by atoms with E-state index in [1.807, 2.05) is 0 Å². The van der Waals surface area contributed by atoms with E-state index in [9.17, 15) is 4.79 Å². The van der Waals surface area contributed by atoms with Crippen LogP contribution in [0, 0.1) is 5.92 Å². The van der Waals surface area contributed by atoms with Crippen molar-refractivity contribution >= 4 is 11.5 Å². The molecule has 2 aliphatic heterocycles. The van der Waals surface area contributed by atoms with Crippen molar-refractivity contribution in [3.8, 4) is 0 Å². The maximum atomic E-state index is 12.5. The van der Waals surface area contributed by atoms with Crippen LogP contribution >= 0.6 is 0 Å².